The number of hydrogen-bond donors (Lipinski definition) is 6. The summed E-state index contributed by atoms with van der Waals surface area (Å²) in [7, 11) is -25.2. The van der Waals surface area contributed by atoms with E-state index in [1.54, 1.807) is 64.9 Å². The normalized spacial score (nSPS) is 12.2. The number of halogens is 20. The lowest BCUT2D eigenvalue weighted by Crippen LogP contribution is -2.38. The van der Waals surface area contributed by atoms with E-state index in [2.05, 4.69) is 33.2 Å². The Morgan fingerprint density at radius 1 is 0.338 bits per heavy atom. The molecule has 0 aliphatic heterocycles. The van der Waals surface area contributed by atoms with Crippen molar-refractivity contribution in [2.45, 2.75) is 26.4 Å². The molecule has 2 heterocycles. The summed E-state index contributed by atoms with van der Waals surface area (Å²) in [6, 6.07) is 7.19. The number of thioether (sulfide) groups is 2. The van der Waals surface area contributed by atoms with Crippen LogP contribution in [-0.4, -0.2) is 452 Å². The van der Waals surface area contributed by atoms with E-state index in [0.29, 0.717) is 127 Å². The zero-order valence-corrected chi connectivity index (χ0v) is 101. The van der Waals surface area contributed by atoms with E-state index in [9.17, 15) is 63.6 Å². The predicted molar refractivity (Wildman–Crippen MR) is 589 cm³/mol. The average Bonchev–Trinajstić information content (AvgIpc) is 1.22. The zero-order chi connectivity index (χ0) is 106. The summed E-state index contributed by atoms with van der Waals surface area (Å²) in [4.78, 5) is 62.4. The number of thiol groups is 1. The van der Waals surface area contributed by atoms with E-state index < -0.39 is 118 Å². The Labute approximate surface area is 935 Å². The molecule has 0 aliphatic rings. The van der Waals surface area contributed by atoms with Crippen LogP contribution in [0.1, 0.15) is 24.5 Å². The molecule has 2 amide bonds. The first kappa shape index (κ1) is 148. The van der Waals surface area contributed by atoms with Crippen LogP contribution in [0.5, 0.6) is 0 Å². The van der Waals surface area contributed by atoms with Gasteiger partial charge in [-0.25, -0.2) is 63.5 Å². The van der Waals surface area contributed by atoms with E-state index >= 15 is 0 Å². The number of amides is 2. The number of carboxylic acids is 3. The molecule has 0 radical (unpaired) electrons. The van der Waals surface area contributed by atoms with Crippen LogP contribution in [0.25, 0.3) is 0 Å². The second-order valence-corrected chi connectivity index (χ2v) is 53.1. The van der Waals surface area contributed by atoms with Gasteiger partial charge >= 0.3 is 56.3 Å². The van der Waals surface area contributed by atoms with E-state index in [1.807, 2.05) is 19.1 Å². The van der Waals surface area contributed by atoms with Crippen LogP contribution in [0.2, 0.25) is 0 Å². The largest absolute Gasteiger partial charge is 0.481 e. The van der Waals surface area contributed by atoms with Crippen LogP contribution >= 0.6 is 307 Å². The number of hydrogen-bond acceptors (Lipinski definition) is 24. The first-order chi connectivity index (χ1) is 66.2. The van der Waals surface area contributed by atoms with Crippen molar-refractivity contribution < 1.29 is 102 Å². The second-order valence-electron chi connectivity index (χ2n) is 26.8. The van der Waals surface area contributed by atoms with E-state index in [0.717, 1.165) is 17.5 Å². The lowest BCUT2D eigenvalue weighted by atomic mass is 10.3. The molecule has 2 rings (SSSR count). The molecule has 0 bridgehead atoms. The minimum atomic E-state index is -3.89. The molecule has 0 unspecified atom stereocenters. The summed E-state index contributed by atoms with van der Waals surface area (Å²) in [5.41, 5.74) is 1.67. The molecule has 0 aliphatic carbocycles. The predicted octanol–water partition coefficient (Wildman–Crippen LogP) is 16.7. The van der Waals surface area contributed by atoms with Gasteiger partial charge in [0.25, 0.3) is 0 Å². The summed E-state index contributed by atoms with van der Waals surface area (Å²) in [6.45, 7) is 8.58. The van der Waals surface area contributed by atoms with Crippen molar-refractivity contribution in [3.63, 3.8) is 0 Å². The standard InChI is InChI=1S/C18H29Cl4N4O5PS.C18H29Cl4N4O3PS.C12H23Cl4N2O6PS.C12H23Cl4N2O4PS.C11H23Cl4N2O2P.C2H4O2S/c19-3-8-25(9-4-20)32(28,26(10-5-21)11-6-22)31-12-13-33(29,30)16-18(27)24-15-17-2-1-7-23-14-17;19-3-8-25(9-4-20)30(28,26(10-5-21)11-6-22)29-12-13-31-16-18(27)24-15-17-2-1-7-23-14-17;13-1-5-17(6-2-14)25(21,18(7-3-15)8-4-16)24-9-10-26(22,23)11-12(19)20;13-1-5-17(6-2-14)23(21,18(7-3-15)8-4-16)22-9-10-24-11-12(19)20;1-2-11-19-20(18,16(7-3-12)8-4-13)17(9-5-14)10-6-15;3-2(4)1-5/h1-2,7,14H,3-6,8-13,15-16H2,(H,24,27);1-2,7,14H,3-6,8-13,15-16H2,(H,24,27);1-11H2,(H,19,20);1-11H2,(H,19,20);2-11H2,1H3;5H,1H2,(H,3,4). The monoisotopic (exact) mass is 2570 g/mol. The number of carbonyl (C=O) groups excluding carboxylic acids is 2. The van der Waals surface area contributed by atoms with Crippen molar-refractivity contribution in [3.05, 3.63) is 60.2 Å². The van der Waals surface area contributed by atoms with Gasteiger partial charge in [0, 0.05) is 298 Å². The van der Waals surface area contributed by atoms with Crippen LogP contribution in [0.4, 0.5) is 0 Å². The number of carbonyl (C=O) groups is 5. The summed E-state index contributed by atoms with van der Waals surface area (Å²) in [5, 5.41) is 30.3. The molecule has 2 aromatic heterocycles. The minimum Gasteiger partial charge on any atom is -0.481 e. The Morgan fingerprint density at radius 2 is 0.554 bits per heavy atom. The number of aromatic nitrogens is 2. The zero-order valence-electron chi connectivity index (χ0n) is 76.8. The van der Waals surface area contributed by atoms with E-state index in [1.165, 1.54) is 42.2 Å². The molecule has 0 saturated carbocycles. The lowest BCUT2D eigenvalue weighted by Gasteiger charge is -2.37. The van der Waals surface area contributed by atoms with Crippen molar-refractivity contribution in [2.75, 3.05) is 333 Å². The van der Waals surface area contributed by atoms with Crippen molar-refractivity contribution in [1.29, 1.82) is 0 Å². The fourth-order valence-electron chi connectivity index (χ4n) is 10.9. The summed E-state index contributed by atoms with van der Waals surface area (Å²) >= 11 is 123. The number of carboxylic acid groups (broad SMARTS) is 3. The molecule has 0 fully saturated rings. The highest BCUT2D eigenvalue weighted by Gasteiger charge is 2.44. The highest BCUT2D eigenvalue weighted by Crippen LogP contribution is 2.58. The molecule has 0 aromatic carbocycles. The fourth-order valence-corrected chi connectivity index (χ4v) is 33.0. The fraction of sp³-hybridized carbons (Fsp3) is 0.795. The van der Waals surface area contributed by atoms with Gasteiger partial charge in [-0.15, -0.1) is 256 Å². The van der Waals surface area contributed by atoms with E-state index in [4.69, 9.17) is 270 Å². The second kappa shape index (κ2) is 93.4. The quantitative estimate of drug-likeness (QED) is 0.0155. The molecular weight excluding hydrogens is 2450 g/mol. The van der Waals surface area contributed by atoms with Crippen LogP contribution < -0.4 is 10.6 Å². The third kappa shape index (κ3) is 68.1. The minimum absolute atomic E-state index is 0.0339. The third-order valence-electron chi connectivity index (χ3n) is 16.9. The van der Waals surface area contributed by atoms with Gasteiger partial charge in [-0.2, -0.15) is 12.6 Å². The Hall–Kier alpha value is 2.95. The van der Waals surface area contributed by atoms with E-state index in [-0.39, 0.29) is 189 Å². The van der Waals surface area contributed by atoms with Crippen LogP contribution in [0.15, 0.2) is 49.1 Å². The lowest BCUT2D eigenvalue weighted by molar-refractivity contribution is -0.135. The highest BCUT2D eigenvalue weighted by atomic mass is 35.5. The third-order valence-corrected chi connectivity index (χ3v) is 39.1. The number of nitrogens with one attached hydrogen (secondary N) is 2. The van der Waals surface area contributed by atoms with Crippen molar-refractivity contribution in [3.8, 4) is 0 Å². The number of nitrogens with zero attached hydrogens (tertiary/aromatic N) is 12. The Balaban J connectivity index is -0.000000816. The molecule has 2 aromatic rings. The maximum atomic E-state index is 13.9. The van der Waals surface area contributed by atoms with Gasteiger partial charge < -0.3 is 48.6 Å². The Bertz CT molecular complexity index is 3820. The number of sulfone groups is 2. The first-order valence-electron chi connectivity index (χ1n) is 42.3. The molecule has 139 heavy (non-hydrogen) atoms. The molecule has 0 atom stereocenters. The van der Waals surface area contributed by atoms with Crippen LogP contribution in [0, 0.1) is 0 Å². The van der Waals surface area contributed by atoms with Crippen molar-refractivity contribution in [2.24, 2.45) is 0 Å². The summed E-state index contributed by atoms with van der Waals surface area (Å²) < 4.78 is 161. The van der Waals surface area contributed by atoms with Gasteiger partial charge in [0.15, 0.2) is 19.7 Å². The molecule has 0 saturated heterocycles. The number of alkyl halides is 20. The molecule has 0 spiro atoms. The maximum absolute atomic E-state index is 13.9. The van der Waals surface area contributed by atoms with Crippen molar-refractivity contribution >= 4 is 356 Å². The molecular formula is C73H131Cl20N14O22P5S5. The maximum Gasteiger partial charge on any atom is 0.346 e. The Morgan fingerprint density at radius 3 is 0.755 bits per heavy atom. The van der Waals surface area contributed by atoms with Crippen LogP contribution in [-0.2, 0) is 102 Å². The van der Waals surface area contributed by atoms with Crippen LogP contribution in [0.3, 0.4) is 0 Å². The summed E-state index contributed by atoms with van der Waals surface area (Å²) in [5.74, 6) is -0.895. The molecule has 5 N–H and O–H groups in total. The van der Waals surface area contributed by atoms with Gasteiger partial charge in [-0.05, 0) is 29.7 Å². The first-order valence-corrected chi connectivity index (χ1v) is 67.3. The highest BCUT2D eigenvalue weighted by molar-refractivity contribution is 8.00. The SMILES string of the molecule is CCCOP(=O)(N(CCCl)CCCl)N(CCCl)CCCl.O=C(CS(=O)(=O)CCOP(=O)(N(CCCl)CCCl)N(CCCl)CCCl)NCc1cccnc1.O=C(CSCCOP(=O)(N(CCCl)CCCl)N(CCCl)CCCl)NCc1cccnc1.O=C(O)CS.O=C(O)CS(=O)(=O)CCOP(=O)(N(CCCl)CCCl)N(CCCl)CCCl.O=C(O)CSCCOP(=O)(N(CCCl)CCCl)N(CCCl)CCCl. The number of pyridine rings is 2. The van der Waals surface area contributed by atoms with Gasteiger partial charge in [0.1, 0.15) is 11.5 Å². The van der Waals surface area contributed by atoms with Gasteiger partial charge in [-0.3, -0.25) is 56.8 Å². The summed E-state index contributed by atoms with van der Waals surface area (Å²) in [6.07, 6.45) is 7.33. The Kier molecular flexibility index (Phi) is 99.5. The van der Waals surface area contributed by atoms with Gasteiger partial charge in [-0.1, -0.05) is 19.1 Å². The van der Waals surface area contributed by atoms with Gasteiger partial charge in [0.05, 0.1) is 61.8 Å². The molecule has 66 heteroatoms. The van der Waals surface area contributed by atoms with Crippen molar-refractivity contribution in [1.82, 2.24) is 67.3 Å². The number of rotatable bonds is 82. The molecule has 820 valence electrons. The molecule has 36 nitrogen and oxygen atoms in total. The number of aliphatic carboxylic acids is 3. The smallest absolute Gasteiger partial charge is 0.346 e. The van der Waals surface area contributed by atoms with Gasteiger partial charge in [0.2, 0.25) is 11.8 Å². The topological polar surface area (TPSA) is 428 Å². The average molecular weight is 2580 g/mol.